The first-order valence-electron chi connectivity index (χ1n) is 10.1. The van der Waals surface area contributed by atoms with Crippen LogP contribution < -0.4 is 14.9 Å². The number of benzene rings is 1. The number of fused-ring (bicyclic) bond motifs is 1. The van der Waals surface area contributed by atoms with E-state index in [0.717, 1.165) is 16.0 Å². The summed E-state index contributed by atoms with van der Waals surface area (Å²) in [6.07, 6.45) is 4.02. The summed E-state index contributed by atoms with van der Waals surface area (Å²) < 4.78 is 7.36. The molecule has 0 saturated carbocycles. The summed E-state index contributed by atoms with van der Waals surface area (Å²) in [5.74, 6) is -0.273. The van der Waals surface area contributed by atoms with Gasteiger partial charge in [-0.1, -0.05) is 29.5 Å². The molecule has 0 fully saturated rings. The Morgan fingerprint density at radius 3 is 2.88 bits per heavy atom. The lowest BCUT2D eigenvalue weighted by atomic mass is 10.0. The number of esters is 1. The Kier molecular flexibility index (Phi) is 6.25. The van der Waals surface area contributed by atoms with E-state index in [-0.39, 0.29) is 17.9 Å². The van der Waals surface area contributed by atoms with Gasteiger partial charge in [-0.2, -0.15) is 0 Å². The third-order valence-electron chi connectivity index (χ3n) is 5.10. The van der Waals surface area contributed by atoms with Crippen molar-refractivity contribution in [1.29, 1.82) is 0 Å². The number of ether oxygens (including phenoxy) is 1. The van der Waals surface area contributed by atoms with Crippen molar-refractivity contribution >= 4 is 34.7 Å². The maximum Gasteiger partial charge on any atom is 0.338 e. The van der Waals surface area contributed by atoms with Crippen molar-refractivity contribution in [1.82, 2.24) is 4.57 Å². The molecular weight excluding hydrogens is 444 g/mol. The summed E-state index contributed by atoms with van der Waals surface area (Å²) in [4.78, 5) is 32.2. The fraction of sp³-hybridized carbons (Fsp3) is 0.208. The van der Waals surface area contributed by atoms with Crippen molar-refractivity contribution in [3.63, 3.8) is 0 Å². The first-order chi connectivity index (χ1) is 15.4. The van der Waals surface area contributed by atoms with Gasteiger partial charge in [0.05, 0.1) is 22.4 Å². The normalized spacial score (nSPS) is 15.9. The lowest BCUT2D eigenvalue weighted by Crippen LogP contribution is -2.39. The average molecular weight is 467 g/mol. The zero-order valence-electron chi connectivity index (χ0n) is 17.7. The molecule has 8 heteroatoms. The first-order valence-corrected chi connectivity index (χ1v) is 11.8. The molecule has 32 heavy (non-hydrogen) atoms. The molecule has 1 aromatic carbocycles. The van der Waals surface area contributed by atoms with Crippen molar-refractivity contribution in [2.75, 3.05) is 6.61 Å². The summed E-state index contributed by atoms with van der Waals surface area (Å²) in [7, 11) is 0. The molecule has 3 aromatic rings. The zero-order valence-corrected chi connectivity index (χ0v) is 19.3. The Morgan fingerprint density at radius 2 is 2.19 bits per heavy atom. The van der Waals surface area contributed by atoms with Crippen LogP contribution in [-0.4, -0.2) is 22.2 Å². The third-order valence-corrected chi connectivity index (χ3v) is 7.00. The smallest absolute Gasteiger partial charge is 0.338 e. The number of rotatable bonds is 6. The quantitative estimate of drug-likeness (QED) is 0.447. The topological polar surface area (TPSA) is 80.9 Å². The molecule has 0 aliphatic carbocycles. The minimum atomic E-state index is -0.580. The molecule has 1 aliphatic rings. The molecule has 1 N–H and O–H groups in total. The number of phenolic OH excluding ortho intramolecular Hbond substituents is 1. The van der Waals surface area contributed by atoms with Gasteiger partial charge in [-0.15, -0.1) is 17.9 Å². The number of thiophene rings is 1. The molecule has 0 spiro atoms. The highest BCUT2D eigenvalue weighted by Gasteiger charge is 2.33. The Bertz CT molecular complexity index is 1390. The minimum absolute atomic E-state index is 0.191. The van der Waals surface area contributed by atoms with Crippen LogP contribution in [0.25, 0.3) is 6.08 Å². The van der Waals surface area contributed by atoms with E-state index in [1.54, 1.807) is 42.7 Å². The summed E-state index contributed by atoms with van der Waals surface area (Å²) >= 11 is 2.76. The van der Waals surface area contributed by atoms with Gasteiger partial charge < -0.3 is 9.84 Å². The maximum absolute atomic E-state index is 13.5. The molecule has 0 amide bonds. The van der Waals surface area contributed by atoms with Crippen molar-refractivity contribution in [2.24, 2.45) is 4.99 Å². The van der Waals surface area contributed by atoms with Crippen LogP contribution in [0, 0.1) is 0 Å². The number of aromatic nitrogens is 1. The number of carbonyl (C=O) groups is 1. The van der Waals surface area contributed by atoms with E-state index in [2.05, 4.69) is 11.6 Å². The largest absolute Gasteiger partial charge is 0.508 e. The Balaban J connectivity index is 1.90. The molecule has 3 heterocycles. The van der Waals surface area contributed by atoms with Gasteiger partial charge in [0.25, 0.3) is 5.56 Å². The van der Waals surface area contributed by atoms with E-state index < -0.39 is 12.0 Å². The first kappa shape index (κ1) is 22.0. The Morgan fingerprint density at radius 1 is 1.38 bits per heavy atom. The van der Waals surface area contributed by atoms with Crippen LogP contribution in [0.5, 0.6) is 5.75 Å². The summed E-state index contributed by atoms with van der Waals surface area (Å²) in [5, 5.41) is 11.9. The predicted molar refractivity (Wildman–Crippen MR) is 127 cm³/mol. The second kappa shape index (κ2) is 9.10. The van der Waals surface area contributed by atoms with E-state index in [4.69, 9.17) is 4.74 Å². The molecule has 0 radical (unpaired) electrons. The van der Waals surface area contributed by atoms with Gasteiger partial charge in [0, 0.05) is 4.88 Å². The molecule has 2 aromatic heterocycles. The van der Waals surface area contributed by atoms with Gasteiger partial charge in [0.15, 0.2) is 4.80 Å². The second-order valence-electron chi connectivity index (χ2n) is 7.20. The molecule has 6 nitrogen and oxygen atoms in total. The van der Waals surface area contributed by atoms with Gasteiger partial charge in [0.1, 0.15) is 11.8 Å². The number of aromatic hydroxyl groups is 1. The van der Waals surface area contributed by atoms with Crippen LogP contribution in [0.2, 0.25) is 0 Å². The summed E-state index contributed by atoms with van der Waals surface area (Å²) in [6.45, 7) is 7.48. The number of phenols is 1. The maximum atomic E-state index is 13.5. The average Bonchev–Trinajstić information content (AvgIpc) is 3.39. The third kappa shape index (κ3) is 3.99. The Labute approximate surface area is 192 Å². The van der Waals surface area contributed by atoms with E-state index in [9.17, 15) is 14.7 Å². The second-order valence-corrected chi connectivity index (χ2v) is 9.19. The van der Waals surface area contributed by atoms with E-state index in [0.29, 0.717) is 27.0 Å². The molecular formula is C24H22N2O4S2. The fourth-order valence-corrected chi connectivity index (χ4v) is 5.54. The van der Waals surface area contributed by atoms with Crippen molar-refractivity contribution in [3.8, 4) is 5.75 Å². The summed E-state index contributed by atoms with van der Waals surface area (Å²) in [6, 6.07) is 8.42. The minimum Gasteiger partial charge on any atom is -0.508 e. The highest BCUT2D eigenvalue weighted by molar-refractivity contribution is 7.10. The van der Waals surface area contributed by atoms with Gasteiger partial charge in [-0.25, -0.2) is 9.79 Å². The number of thiazole rings is 1. The van der Waals surface area contributed by atoms with Crippen molar-refractivity contribution in [3.05, 3.63) is 95.3 Å². The highest BCUT2D eigenvalue weighted by Crippen LogP contribution is 2.33. The van der Waals surface area contributed by atoms with Crippen LogP contribution in [0.15, 0.2) is 69.4 Å². The predicted octanol–water partition coefficient (Wildman–Crippen LogP) is 3.29. The van der Waals surface area contributed by atoms with Crippen molar-refractivity contribution < 1.29 is 14.6 Å². The number of carbonyl (C=O) groups excluding carboxylic acids is 1. The van der Waals surface area contributed by atoms with Crippen LogP contribution in [0.4, 0.5) is 0 Å². The van der Waals surface area contributed by atoms with Crippen LogP contribution >= 0.6 is 22.7 Å². The molecule has 0 saturated heterocycles. The highest BCUT2D eigenvalue weighted by atomic mass is 32.1. The molecule has 0 unspecified atom stereocenters. The lowest BCUT2D eigenvalue weighted by Gasteiger charge is -2.23. The molecule has 0 bridgehead atoms. The summed E-state index contributed by atoms with van der Waals surface area (Å²) in [5.41, 5.74) is 2.23. The van der Waals surface area contributed by atoms with E-state index in [1.165, 1.54) is 22.7 Å². The Hall–Kier alpha value is -3.23. The number of allylic oxidation sites excluding steroid dienone is 2. The van der Waals surface area contributed by atoms with Gasteiger partial charge in [-0.05, 0) is 61.1 Å². The fourth-order valence-electron chi connectivity index (χ4n) is 3.67. The zero-order chi connectivity index (χ0) is 22.8. The van der Waals surface area contributed by atoms with Gasteiger partial charge >= 0.3 is 5.97 Å². The molecule has 164 valence electrons. The lowest BCUT2D eigenvalue weighted by molar-refractivity contribution is -0.139. The number of nitrogens with zero attached hydrogens (tertiary/aromatic N) is 2. The molecule has 1 atom stereocenters. The van der Waals surface area contributed by atoms with Gasteiger partial charge in [0.2, 0.25) is 0 Å². The molecule has 4 rings (SSSR count). The SMILES string of the molecule is C=CCc1cc(/C=c2/sc3n(c2=O)[C@H](c2cccs2)C(C(=O)OCC)=C(C)N=3)ccc1O. The van der Waals surface area contributed by atoms with Crippen LogP contribution in [0.1, 0.15) is 35.9 Å². The number of hydrogen-bond acceptors (Lipinski definition) is 7. The number of hydrogen-bond donors (Lipinski definition) is 1. The van der Waals surface area contributed by atoms with Crippen molar-refractivity contribution in [2.45, 2.75) is 26.3 Å². The van der Waals surface area contributed by atoms with Crippen LogP contribution in [-0.2, 0) is 16.0 Å². The monoisotopic (exact) mass is 466 g/mol. The van der Waals surface area contributed by atoms with E-state index >= 15 is 0 Å². The van der Waals surface area contributed by atoms with Crippen LogP contribution in [0.3, 0.4) is 0 Å². The van der Waals surface area contributed by atoms with Gasteiger partial charge in [-0.3, -0.25) is 9.36 Å². The van der Waals surface area contributed by atoms with E-state index in [1.807, 2.05) is 23.6 Å². The molecule has 1 aliphatic heterocycles. The standard InChI is InChI=1S/C24H22N2O4S2/c1-4-7-16-12-15(9-10-17(16)27)13-19-22(28)26-21(18-8-6-11-31-18)20(23(29)30-5-2)14(3)25-24(26)32-19/h4,6,8-13,21,27H,1,5,7H2,2-3H3/b19-13+/t21-/m1/s1.